The largest absolute Gasteiger partial charge is 0.417 e. The Morgan fingerprint density at radius 3 is 3.11 bits per heavy atom. The van der Waals surface area contributed by atoms with Gasteiger partial charge in [-0.15, -0.1) is 0 Å². The molecule has 2 aromatic rings. The Bertz CT molecular complexity index is 654. The molecule has 1 fully saturated rings. The van der Waals surface area contributed by atoms with Crippen LogP contribution in [0.2, 0.25) is 0 Å². The number of benzene rings is 1. The maximum absolute atomic E-state index is 11.9. The minimum absolute atomic E-state index is 0.211. The van der Waals surface area contributed by atoms with Crippen molar-refractivity contribution in [3.63, 3.8) is 0 Å². The molecular formula is C12H13N3O4. The molecule has 1 unspecified atom stereocenters. The summed E-state index contributed by atoms with van der Waals surface area (Å²) in [6.45, 7) is 1.77. The number of hydrogen-bond acceptors (Lipinski definition) is 5. The van der Waals surface area contributed by atoms with E-state index in [4.69, 9.17) is 9.15 Å². The lowest BCUT2D eigenvalue weighted by Gasteiger charge is -2.22. The summed E-state index contributed by atoms with van der Waals surface area (Å²) in [7, 11) is 0. The lowest BCUT2D eigenvalue weighted by atomic mass is 10.2. The fourth-order valence-electron chi connectivity index (χ4n) is 1.99. The quantitative estimate of drug-likeness (QED) is 0.711. The summed E-state index contributed by atoms with van der Waals surface area (Å²) in [6, 6.07) is 4.95. The third-order valence-electron chi connectivity index (χ3n) is 2.91. The molecule has 19 heavy (non-hydrogen) atoms. The highest BCUT2D eigenvalue weighted by Gasteiger charge is 2.21. The van der Waals surface area contributed by atoms with Gasteiger partial charge in [0, 0.05) is 18.8 Å². The molecule has 1 aliphatic heterocycles. The van der Waals surface area contributed by atoms with Gasteiger partial charge in [-0.25, -0.2) is 4.79 Å². The zero-order chi connectivity index (χ0) is 13.2. The van der Waals surface area contributed by atoms with Crippen LogP contribution in [0, 0.1) is 0 Å². The number of aromatic amines is 1. The number of carbonyl (C=O) groups excluding carboxylic acids is 1. The molecule has 7 nitrogen and oxygen atoms in total. The first-order chi connectivity index (χ1) is 9.22. The first-order valence-electron chi connectivity index (χ1n) is 5.98. The molecule has 2 heterocycles. The van der Waals surface area contributed by atoms with Gasteiger partial charge >= 0.3 is 5.76 Å². The predicted molar refractivity (Wildman–Crippen MR) is 68.1 cm³/mol. The molecule has 1 aromatic carbocycles. The van der Waals surface area contributed by atoms with Crippen LogP contribution >= 0.6 is 0 Å². The molecule has 1 amide bonds. The van der Waals surface area contributed by atoms with Crippen LogP contribution in [-0.4, -0.2) is 36.7 Å². The summed E-state index contributed by atoms with van der Waals surface area (Å²) in [4.78, 5) is 25.5. The maximum atomic E-state index is 11.9. The number of nitrogens with one attached hydrogen (secondary N) is 3. The van der Waals surface area contributed by atoms with Gasteiger partial charge in [0.25, 0.3) is 5.91 Å². The van der Waals surface area contributed by atoms with Crippen LogP contribution in [0.1, 0.15) is 0 Å². The second-order valence-electron chi connectivity index (χ2n) is 4.28. The fourth-order valence-corrected chi connectivity index (χ4v) is 1.99. The van der Waals surface area contributed by atoms with Gasteiger partial charge in [0.2, 0.25) is 0 Å². The summed E-state index contributed by atoms with van der Waals surface area (Å²) in [5.74, 6) is -0.726. The Labute approximate surface area is 107 Å². The molecule has 3 rings (SSSR count). The lowest BCUT2D eigenvalue weighted by Crippen LogP contribution is -2.45. The second-order valence-corrected chi connectivity index (χ2v) is 4.28. The second kappa shape index (κ2) is 4.87. The van der Waals surface area contributed by atoms with Crippen LogP contribution < -0.4 is 16.4 Å². The zero-order valence-electron chi connectivity index (χ0n) is 10.1. The van der Waals surface area contributed by atoms with E-state index in [0.717, 1.165) is 6.54 Å². The molecule has 1 saturated heterocycles. The number of H-pyrrole nitrogens is 1. The molecule has 100 valence electrons. The molecule has 0 saturated carbocycles. The number of morpholine rings is 1. The molecule has 1 aromatic heterocycles. The Morgan fingerprint density at radius 2 is 2.32 bits per heavy atom. The highest BCUT2D eigenvalue weighted by Crippen LogP contribution is 2.16. The molecule has 0 aliphatic carbocycles. The number of carbonyl (C=O) groups is 1. The highest BCUT2D eigenvalue weighted by molar-refractivity contribution is 5.95. The number of fused-ring (bicyclic) bond motifs is 1. The molecule has 1 aliphatic rings. The Balaban J connectivity index is 1.76. The number of hydrogen-bond donors (Lipinski definition) is 3. The summed E-state index contributed by atoms with van der Waals surface area (Å²) >= 11 is 0. The topological polar surface area (TPSA) is 96.4 Å². The van der Waals surface area contributed by atoms with Gasteiger partial charge in [0.15, 0.2) is 5.58 Å². The Hall–Kier alpha value is -2.12. The third kappa shape index (κ3) is 2.51. The molecular weight excluding hydrogens is 250 g/mol. The van der Waals surface area contributed by atoms with E-state index in [0.29, 0.717) is 29.9 Å². The van der Waals surface area contributed by atoms with Crippen molar-refractivity contribution in [1.29, 1.82) is 0 Å². The molecule has 7 heteroatoms. The minimum Gasteiger partial charge on any atom is -0.408 e. The van der Waals surface area contributed by atoms with E-state index in [2.05, 4.69) is 15.6 Å². The number of ether oxygens (including phenoxy) is 1. The van der Waals surface area contributed by atoms with Gasteiger partial charge in [-0.05, 0) is 18.2 Å². The van der Waals surface area contributed by atoms with Gasteiger partial charge in [0.05, 0.1) is 12.1 Å². The van der Waals surface area contributed by atoms with E-state index < -0.39 is 11.9 Å². The van der Waals surface area contributed by atoms with Crippen LogP contribution in [0.25, 0.3) is 11.1 Å². The fraction of sp³-hybridized carbons (Fsp3) is 0.333. The van der Waals surface area contributed by atoms with Gasteiger partial charge in [-0.1, -0.05) is 0 Å². The van der Waals surface area contributed by atoms with Crippen molar-refractivity contribution >= 4 is 22.7 Å². The third-order valence-corrected chi connectivity index (χ3v) is 2.91. The van der Waals surface area contributed by atoms with Crippen LogP contribution in [0.5, 0.6) is 0 Å². The number of oxazole rings is 1. The van der Waals surface area contributed by atoms with Crippen molar-refractivity contribution in [2.24, 2.45) is 0 Å². The summed E-state index contributed by atoms with van der Waals surface area (Å²) in [5.41, 5.74) is 1.59. The average molecular weight is 263 g/mol. The maximum Gasteiger partial charge on any atom is 0.417 e. The van der Waals surface area contributed by atoms with Crippen molar-refractivity contribution in [3.05, 3.63) is 28.7 Å². The molecule has 3 N–H and O–H groups in total. The number of anilines is 1. The summed E-state index contributed by atoms with van der Waals surface area (Å²) < 4.78 is 10.2. The Morgan fingerprint density at radius 1 is 1.42 bits per heavy atom. The van der Waals surface area contributed by atoms with Crippen LogP contribution in [0.15, 0.2) is 27.4 Å². The average Bonchev–Trinajstić information content (AvgIpc) is 2.79. The number of aromatic nitrogens is 1. The molecule has 0 radical (unpaired) electrons. The summed E-state index contributed by atoms with van der Waals surface area (Å²) in [6.07, 6.45) is -0.493. The van der Waals surface area contributed by atoms with Crippen LogP contribution in [-0.2, 0) is 9.53 Å². The number of rotatable bonds is 2. The lowest BCUT2D eigenvalue weighted by molar-refractivity contribution is -0.128. The van der Waals surface area contributed by atoms with Crippen molar-refractivity contribution in [2.45, 2.75) is 6.10 Å². The first-order valence-corrected chi connectivity index (χ1v) is 5.98. The van der Waals surface area contributed by atoms with Crippen LogP contribution in [0.3, 0.4) is 0 Å². The van der Waals surface area contributed by atoms with Crippen LogP contribution in [0.4, 0.5) is 5.69 Å². The van der Waals surface area contributed by atoms with E-state index in [-0.39, 0.29) is 5.91 Å². The van der Waals surface area contributed by atoms with E-state index >= 15 is 0 Å². The number of amides is 1. The molecule has 1 atom stereocenters. The zero-order valence-corrected chi connectivity index (χ0v) is 10.1. The van der Waals surface area contributed by atoms with Gasteiger partial charge < -0.3 is 19.8 Å². The van der Waals surface area contributed by atoms with E-state index in [9.17, 15) is 9.59 Å². The molecule has 0 bridgehead atoms. The smallest absolute Gasteiger partial charge is 0.408 e. The van der Waals surface area contributed by atoms with Crippen molar-refractivity contribution in [1.82, 2.24) is 10.3 Å². The minimum atomic E-state index is -0.515. The van der Waals surface area contributed by atoms with Crippen molar-refractivity contribution < 1.29 is 13.9 Å². The van der Waals surface area contributed by atoms with E-state index in [1.807, 2.05) is 0 Å². The van der Waals surface area contributed by atoms with Crippen molar-refractivity contribution in [3.8, 4) is 0 Å². The van der Waals surface area contributed by atoms with Crippen molar-refractivity contribution in [2.75, 3.05) is 25.0 Å². The SMILES string of the molecule is O=C(Nc1ccc2oc(=O)[nH]c2c1)C1CNCCO1. The Kier molecular flexibility index (Phi) is 3.06. The predicted octanol–water partition coefficient (Wildman–Crippen LogP) is 0.0480. The summed E-state index contributed by atoms with van der Waals surface area (Å²) in [5, 5.41) is 5.83. The standard InChI is InChI=1S/C12H13N3O4/c16-11(10-6-13-3-4-18-10)14-7-1-2-9-8(5-7)15-12(17)19-9/h1-2,5,10,13H,3-4,6H2,(H,14,16)(H,15,17). The monoisotopic (exact) mass is 263 g/mol. The van der Waals surface area contributed by atoms with E-state index in [1.165, 1.54) is 0 Å². The van der Waals surface area contributed by atoms with Gasteiger partial charge in [-0.2, -0.15) is 0 Å². The van der Waals surface area contributed by atoms with E-state index in [1.54, 1.807) is 18.2 Å². The normalized spacial score (nSPS) is 19.5. The van der Waals surface area contributed by atoms with Gasteiger partial charge in [0.1, 0.15) is 6.10 Å². The molecule has 0 spiro atoms. The first kappa shape index (κ1) is 11.9. The van der Waals surface area contributed by atoms with Gasteiger partial charge in [-0.3, -0.25) is 9.78 Å². The highest BCUT2D eigenvalue weighted by atomic mass is 16.5.